The third kappa shape index (κ3) is 11.4. The van der Waals surface area contributed by atoms with Crippen LogP contribution in [0.1, 0.15) is 87.0 Å². The van der Waals surface area contributed by atoms with Gasteiger partial charge < -0.3 is 44.4 Å². The maximum atomic E-state index is 13.2. The highest BCUT2D eigenvalue weighted by atomic mass is 16.6. The minimum atomic E-state index is -1.49. The number of hydrogen-bond donors (Lipinski definition) is 4. The van der Waals surface area contributed by atoms with Crippen molar-refractivity contribution in [2.75, 3.05) is 26.7 Å². The van der Waals surface area contributed by atoms with Gasteiger partial charge in [0.25, 0.3) is 0 Å². The van der Waals surface area contributed by atoms with E-state index in [0.717, 1.165) is 26.1 Å². The number of aliphatic hydroxyl groups is 4. The maximum absolute atomic E-state index is 13.2. The summed E-state index contributed by atoms with van der Waals surface area (Å²) in [4.78, 5) is 30.0. The van der Waals surface area contributed by atoms with Crippen LogP contribution in [0.3, 0.4) is 0 Å². The van der Waals surface area contributed by atoms with E-state index in [1.807, 2.05) is 27.7 Å². The molecular formula is C36H60N2O9. The van der Waals surface area contributed by atoms with Crippen molar-refractivity contribution in [1.29, 1.82) is 0 Å². The van der Waals surface area contributed by atoms with E-state index >= 15 is 0 Å². The predicted molar refractivity (Wildman–Crippen MR) is 179 cm³/mol. The molecule has 3 rings (SSSR count). The molecule has 268 valence electrons. The summed E-state index contributed by atoms with van der Waals surface area (Å²) in [5.74, 6) is -0.952. The zero-order valence-corrected chi connectivity index (χ0v) is 29.7. The number of hydrogen-bond acceptors (Lipinski definition) is 10. The number of carbonyl (C=O) groups excluding carboxylic acids is 2. The van der Waals surface area contributed by atoms with Gasteiger partial charge in [-0.3, -0.25) is 4.79 Å². The highest BCUT2D eigenvalue weighted by Crippen LogP contribution is 2.37. The Balaban J connectivity index is 1.75. The minimum Gasteiger partial charge on any atom is -0.457 e. The molecule has 4 N–H and O–H groups in total. The van der Waals surface area contributed by atoms with Crippen molar-refractivity contribution in [2.24, 2.45) is 11.8 Å². The first-order valence-corrected chi connectivity index (χ1v) is 17.3. The normalized spacial score (nSPS) is 36.0. The number of nitrogens with zero attached hydrogens (tertiary/aromatic N) is 2. The number of epoxide rings is 1. The molecule has 0 aromatic carbocycles. The number of likely N-dealkylation sites (tertiary alicyclic amines) is 1. The van der Waals surface area contributed by atoms with Crippen LogP contribution in [-0.2, 0) is 19.0 Å². The summed E-state index contributed by atoms with van der Waals surface area (Å²) in [5.41, 5.74) is -1.95. The first-order valence-electron chi connectivity index (χ1n) is 17.3. The summed E-state index contributed by atoms with van der Waals surface area (Å²) in [6, 6.07) is 0.0181. The van der Waals surface area contributed by atoms with Gasteiger partial charge in [0, 0.05) is 44.4 Å². The van der Waals surface area contributed by atoms with Gasteiger partial charge >= 0.3 is 12.1 Å². The van der Waals surface area contributed by atoms with Crippen molar-refractivity contribution in [1.82, 2.24) is 9.80 Å². The molecule has 0 bridgehead atoms. The molecule has 3 aliphatic rings. The van der Waals surface area contributed by atoms with Crippen LogP contribution in [0.2, 0.25) is 0 Å². The van der Waals surface area contributed by atoms with Crippen molar-refractivity contribution in [3.8, 4) is 0 Å². The molecule has 47 heavy (non-hydrogen) atoms. The smallest absolute Gasteiger partial charge is 0.410 e. The lowest BCUT2D eigenvalue weighted by Gasteiger charge is -2.34. The first-order chi connectivity index (χ1) is 22.0. The molecule has 2 saturated heterocycles. The fourth-order valence-electron chi connectivity index (χ4n) is 6.56. The van der Waals surface area contributed by atoms with Crippen molar-refractivity contribution < 1.29 is 44.2 Å². The lowest BCUT2D eigenvalue weighted by molar-refractivity contribution is -0.151. The summed E-state index contributed by atoms with van der Waals surface area (Å²) >= 11 is 0. The number of aliphatic hydroxyl groups excluding tert-OH is 2. The van der Waals surface area contributed by atoms with Gasteiger partial charge in [0.05, 0.1) is 36.4 Å². The molecule has 10 unspecified atom stereocenters. The van der Waals surface area contributed by atoms with Crippen molar-refractivity contribution in [3.05, 3.63) is 36.0 Å². The van der Waals surface area contributed by atoms with Crippen LogP contribution in [-0.4, -0.2) is 123 Å². The van der Waals surface area contributed by atoms with Crippen LogP contribution >= 0.6 is 0 Å². The molecular weight excluding hydrogens is 604 g/mol. The van der Waals surface area contributed by atoms with E-state index in [4.69, 9.17) is 14.2 Å². The number of amides is 1. The number of carbonyl (C=O) groups is 2. The van der Waals surface area contributed by atoms with Crippen molar-refractivity contribution in [2.45, 2.75) is 141 Å². The third-order valence-corrected chi connectivity index (χ3v) is 10.1. The molecule has 11 heteroatoms. The third-order valence-electron chi connectivity index (χ3n) is 10.1. The Kier molecular flexibility index (Phi) is 14.1. The van der Waals surface area contributed by atoms with Gasteiger partial charge in [-0.05, 0) is 64.6 Å². The molecule has 11 nitrogen and oxygen atoms in total. The molecule has 3 heterocycles. The molecule has 0 saturated carbocycles. The Morgan fingerprint density at radius 3 is 2.64 bits per heavy atom. The van der Waals surface area contributed by atoms with Gasteiger partial charge in [-0.15, -0.1) is 0 Å². The van der Waals surface area contributed by atoms with Crippen molar-refractivity contribution >= 4 is 12.1 Å². The fourth-order valence-corrected chi connectivity index (χ4v) is 6.56. The quantitative estimate of drug-likeness (QED) is 0.111. The van der Waals surface area contributed by atoms with E-state index < -0.39 is 47.7 Å². The number of likely N-dealkylation sites (N-methyl/N-ethyl adjacent to an activating group) is 2. The van der Waals surface area contributed by atoms with Gasteiger partial charge in [0.2, 0.25) is 0 Å². The summed E-state index contributed by atoms with van der Waals surface area (Å²) in [6.07, 6.45) is 6.50. The van der Waals surface area contributed by atoms with Gasteiger partial charge in [-0.1, -0.05) is 52.0 Å². The summed E-state index contributed by atoms with van der Waals surface area (Å²) in [7, 11) is 1.72. The van der Waals surface area contributed by atoms with E-state index in [2.05, 4.69) is 11.8 Å². The Morgan fingerprint density at radius 1 is 1.30 bits per heavy atom. The average Bonchev–Trinajstić information content (AvgIpc) is 3.58. The SMILES string of the molecule is CCC(O)C(C)C1OC1CC(C)(O)/C=C/C=C(\C)C1OC(=O)CC(O)CCC(C)(O)C(OC(=O)N(C)[C@H]2CCN(CC)C2)/C=C/C1C. The largest absolute Gasteiger partial charge is 0.457 e. The lowest BCUT2D eigenvalue weighted by atomic mass is 9.88. The standard InChI is InChI=1S/C36H60N2O9/c1-9-28(40)25(5)33-29(45-33)21-35(6,43)17-11-12-23(3)32-24(4)13-14-30(36(7,44)18-15-27(39)20-31(41)47-32)46-34(42)37(8)26-16-19-38(10-2)22-26/h11-14,17,24-30,32-33,39-40,43-44H,9-10,15-16,18-22H2,1-8H3/b14-13+,17-11+,23-12+/t24?,25?,26-,27?,28?,29?,30?,32?,33?,35?,36?/m0/s1. The second-order valence-corrected chi connectivity index (χ2v) is 14.5. The topological polar surface area (TPSA) is 153 Å². The zero-order valence-electron chi connectivity index (χ0n) is 29.7. The second kappa shape index (κ2) is 16.9. The molecule has 1 amide bonds. The minimum absolute atomic E-state index is 0.0115. The van der Waals surface area contributed by atoms with E-state index in [9.17, 15) is 30.0 Å². The Bertz CT molecular complexity index is 1140. The molecule has 0 aromatic heterocycles. The van der Waals surface area contributed by atoms with Gasteiger partial charge in [0.15, 0.2) is 6.10 Å². The molecule has 0 spiro atoms. The van der Waals surface area contributed by atoms with Crippen molar-refractivity contribution in [3.63, 3.8) is 0 Å². The van der Waals surface area contributed by atoms with E-state index in [0.29, 0.717) is 18.4 Å². The van der Waals surface area contributed by atoms with E-state index in [1.165, 1.54) is 0 Å². The molecule has 0 radical (unpaired) electrons. The van der Waals surface area contributed by atoms with Gasteiger partial charge in [0.1, 0.15) is 11.7 Å². The van der Waals surface area contributed by atoms with Crippen LogP contribution in [0.4, 0.5) is 4.79 Å². The zero-order chi connectivity index (χ0) is 35.1. The Morgan fingerprint density at radius 2 is 2.00 bits per heavy atom. The number of ether oxygens (including phenoxy) is 3. The maximum Gasteiger partial charge on any atom is 0.410 e. The number of rotatable bonds is 11. The molecule has 2 fully saturated rings. The van der Waals surface area contributed by atoms with Crippen LogP contribution in [0.5, 0.6) is 0 Å². The van der Waals surface area contributed by atoms with E-state index in [-0.39, 0.29) is 49.3 Å². The van der Waals surface area contributed by atoms with Crippen LogP contribution in [0.15, 0.2) is 36.0 Å². The molecule has 11 atom stereocenters. The molecule has 0 aliphatic carbocycles. The number of esters is 1. The van der Waals surface area contributed by atoms with Gasteiger partial charge in [-0.2, -0.15) is 0 Å². The highest BCUT2D eigenvalue weighted by molar-refractivity contribution is 5.70. The van der Waals surface area contributed by atoms with Crippen LogP contribution < -0.4 is 0 Å². The Labute approximate surface area is 281 Å². The predicted octanol–water partition coefficient (Wildman–Crippen LogP) is 3.74. The van der Waals surface area contributed by atoms with Crippen LogP contribution in [0, 0.1) is 11.8 Å². The molecule has 0 aromatic rings. The second-order valence-electron chi connectivity index (χ2n) is 14.5. The van der Waals surface area contributed by atoms with Crippen LogP contribution in [0.25, 0.3) is 0 Å². The summed E-state index contributed by atoms with van der Waals surface area (Å²) in [5, 5.41) is 43.2. The summed E-state index contributed by atoms with van der Waals surface area (Å²) in [6.45, 7) is 15.5. The highest BCUT2D eigenvalue weighted by Gasteiger charge is 2.47. The number of cyclic esters (lactones) is 1. The monoisotopic (exact) mass is 664 g/mol. The lowest BCUT2D eigenvalue weighted by Crippen LogP contribution is -2.46. The fraction of sp³-hybridized carbons (Fsp3) is 0.778. The Hall–Kier alpha value is -2.28. The summed E-state index contributed by atoms with van der Waals surface area (Å²) < 4.78 is 17.5. The average molecular weight is 665 g/mol. The number of allylic oxidation sites excluding steroid dienone is 2. The molecule has 3 aliphatic heterocycles. The van der Waals surface area contributed by atoms with E-state index in [1.54, 1.807) is 56.2 Å². The first kappa shape index (κ1) is 39.2. The van der Waals surface area contributed by atoms with Gasteiger partial charge in [-0.25, -0.2) is 4.79 Å².